The standard InChI is InChI=1S/C16H12ClFN2O2S/c1-9(15(21)19-12-7-6-10(17)8-11(12)18)23-16-20-13-4-2-3-5-14(13)22-16/h2-9H,1H3,(H,19,21). The highest BCUT2D eigenvalue weighted by Crippen LogP contribution is 2.27. The van der Waals surface area contributed by atoms with Crippen LogP contribution in [0.3, 0.4) is 0 Å². The number of hydrogen-bond acceptors (Lipinski definition) is 4. The molecule has 0 radical (unpaired) electrons. The predicted molar refractivity (Wildman–Crippen MR) is 89.4 cm³/mol. The lowest BCUT2D eigenvalue weighted by Crippen LogP contribution is -2.22. The summed E-state index contributed by atoms with van der Waals surface area (Å²) in [5.41, 5.74) is 1.47. The van der Waals surface area contributed by atoms with Crippen molar-refractivity contribution in [3.8, 4) is 0 Å². The average Bonchev–Trinajstić information content (AvgIpc) is 2.92. The van der Waals surface area contributed by atoms with E-state index in [0.29, 0.717) is 10.8 Å². The zero-order chi connectivity index (χ0) is 16.4. The van der Waals surface area contributed by atoms with E-state index < -0.39 is 11.1 Å². The van der Waals surface area contributed by atoms with Crippen LogP contribution in [0.5, 0.6) is 0 Å². The first kappa shape index (κ1) is 15.8. The molecule has 1 atom stereocenters. The summed E-state index contributed by atoms with van der Waals surface area (Å²) in [5.74, 6) is -0.927. The van der Waals surface area contributed by atoms with Crippen molar-refractivity contribution in [2.75, 3.05) is 5.32 Å². The van der Waals surface area contributed by atoms with Crippen molar-refractivity contribution < 1.29 is 13.6 Å². The Hall–Kier alpha value is -2.05. The lowest BCUT2D eigenvalue weighted by molar-refractivity contribution is -0.115. The number of nitrogens with one attached hydrogen (secondary N) is 1. The summed E-state index contributed by atoms with van der Waals surface area (Å²) >= 11 is 6.85. The van der Waals surface area contributed by atoms with Crippen LogP contribution < -0.4 is 5.32 Å². The maximum Gasteiger partial charge on any atom is 0.257 e. The third-order valence-corrected chi connectivity index (χ3v) is 4.29. The van der Waals surface area contributed by atoms with Crippen LogP contribution in [0.15, 0.2) is 52.1 Å². The van der Waals surface area contributed by atoms with Crippen molar-refractivity contribution in [3.63, 3.8) is 0 Å². The molecule has 1 unspecified atom stereocenters. The van der Waals surface area contributed by atoms with Crippen molar-refractivity contribution in [3.05, 3.63) is 53.3 Å². The zero-order valence-corrected chi connectivity index (χ0v) is 13.6. The van der Waals surface area contributed by atoms with Crippen molar-refractivity contribution >= 4 is 46.1 Å². The Morgan fingerprint density at radius 2 is 2.13 bits per heavy atom. The molecule has 23 heavy (non-hydrogen) atoms. The second-order valence-corrected chi connectivity index (χ2v) is 6.55. The fraction of sp³-hybridized carbons (Fsp3) is 0.125. The summed E-state index contributed by atoms with van der Waals surface area (Å²) in [5, 5.41) is 2.69. The summed E-state index contributed by atoms with van der Waals surface area (Å²) < 4.78 is 19.3. The van der Waals surface area contributed by atoms with Gasteiger partial charge >= 0.3 is 0 Å². The van der Waals surface area contributed by atoms with E-state index in [9.17, 15) is 9.18 Å². The summed E-state index contributed by atoms with van der Waals surface area (Å²) in [6.07, 6.45) is 0. The van der Waals surface area contributed by atoms with E-state index in [1.807, 2.05) is 18.2 Å². The first-order valence-corrected chi connectivity index (χ1v) is 8.07. The van der Waals surface area contributed by atoms with Crippen LogP contribution in [-0.2, 0) is 4.79 Å². The number of para-hydroxylation sites is 2. The number of nitrogens with zero attached hydrogens (tertiary/aromatic N) is 1. The van der Waals surface area contributed by atoms with E-state index in [-0.39, 0.29) is 16.6 Å². The fourth-order valence-electron chi connectivity index (χ4n) is 1.93. The van der Waals surface area contributed by atoms with Crippen LogP contribution in [0.4, 0.5) is 10.1 Å². The molecular weight excluding hydrogens is 339 g/mol. The van der Waals surface area contributed by atoms with E-state index in [0.717, 1.165) is 11.6 Å². The van der Waals surface area contributed by atoms with Gasteiger partial charge in [-0.25, -0.2) is 9.37 Å². The van der Waals surface area contributed by atoms with E-state index in [1.165, 1.54) is 23.9 Å². The number of amides is 1. The Labute approximate surface area is 141 Å². The van der Waals surface area contributed by atoms with E-state index in [1.54, 1.807) is 13.0 Å². The van der Waals surface area contributed by atoms with Crippen molar-refractivity contribution in [2.45, 2.75) is 17.4 Å². The lowest BCUT2D eigenvalue weighted by Gasteiger charge is -2.10. The number of carbonyl (C=O) groups excluding carboxylic acids is 1. The number of hydrogen-bond donors (Lipinski definition) is 1. The fourth-order valence-corrected chi connectivity index (χ4v) is 2.85. The van der Waals surface area contributed by atoms with Gasteiger partial charge in [0, 0.05) is 5.02 Å². The number of aromatic nitrogens is 1. The van der Waals surface area contributed by atoms with Gasteiger partial charge in [0.25, 0.3) is 5.22 Å². The number of carbonyl (C=O) groups is 1. The molecule has 3 rings (SSSR count). The molecule has 1 heterocycles. The largest absolute Gasteiger partial charge is 0.431 e. The van der Waals surface area contributed by atoms with Crippen molar-refractivity contribution in [1.82, 2.24) is 4.98 Å². The molecule has 1 amide bonds. The number of benzene rings is 2. The second kappa shape index (κ2) is 6.60. The zero-order valence-electron chi connectivity index (χ0n) is 12.0. The Morgan fingerprint density at radius 3 is 2.87 bits per heavy atom. The van der Waals surface area contributed by atoms with E-state index >= 15 is 0 Å². The Morgan fingerprint density at radius 1 is 1.35 bits per heavy atom. The number of halogens is 2. The number of oxazole rings is 1. The maximum absolute atomic E-state index is 13.7. The van der Waals surface area contributed by atoms with Crippen LogP contribution >= 0.6 is 23.4 Å². The normalized spacial score (nSPS) is 12.3. The molecule has 0 aliphatic carbocycles. The van der Waals surface area contributed by atoms with Gasteiger partial charge in [0.1, 0.15) is 11.3 Å². The van der Waals surface area contributed by atoms with Gasteiger partial charge in [0.05, 0.1) is 10.9 Å². The number of fused-ring (bicyclic) bond motifs is 1. The van der Waals surface area contributed by atoms with E-state index in [4.69, 9.17) is 16.0 Å². The van der Waals surface area contributed by atoms with Gasteiger partial charge in [0.15, 0.2) is 5.58 Å². The third kappa shape index (κ3) is 3.65. The molecule has 0 saturated heterocycles. The van der Waals surface area contributed by atoms with Crippen LogP contribution in [-0.4, -0.2) is 16.1 Å². The number of thioether (sulfide) groups is 1. The van der Waals surface area contributed by atoms with Gasteiger partial charge in [0.2, 0.25) is 5.91 Å². The molecule has 0 fully saturated rings. The predicted octanol–water partition coefficient (Wildman–Crippen LogP) is 4.74. The smallest absolute Gasteiger partial charge is 0.257 e. The van der Waals surface area contributed by atoms with Crippen LogP contribution in [0.25, 0.3) is 11.1 Å². The minimum absolute atomic E-state index is 0.0874. The Balaban J connectivity index is 1.69. The van der Waals surface area contributed by atoms with Gasteiger partial charge in [-0.1, -0.05) is 35.5 Å². The molecule has 3 aromatic rings. The number of anilines is 1. The molecule has 1 aromatic heterocycles. The first-order chi connectivity index (χ1) is 11.0. The molecule has 0 aliphatic heterocycles. The quantitative estimate of drug-likeness (QED) is 0.690. The maximum atomic E-state index is 13.7. The highest BCUT2D eigenvalue weighted by Gasteiger charge is 2.19. The summed E-state index contributed by atoms with van der Waals surface area (Å²) in [7, 11) is 0. The molecule has 2 aromatic carbocycles. The Bertz CT molecular complexity index is 835. The highest BCUT2D eigenvalue weighted by molar-refractivity contribution is 8.00. The summed E-state index contributed by atoms with van der Waals surface area (Å²) in [6, 6.07) is 11.4. The van der Waals surface area contributed by atoms with Crippen LogP contribution in [0.1, 0.15) is 6.92 Å². The topological polar surface area (TPSA) is 55.1 Å². The van der Waals surface area contributed by atoms with Crippen LogP contribution in [0.2, 0.25) is 5.02 Å². The van der Waals surface area contributed by atoms with Gasteiger partial charge in [-0.3, -0.25) is 4.79 Å². The van der Waals surface area contributed by atoms with Gasteiger partial charge in [-0.05, 0) is 37.3 Å². The first-order valence-electron chi connectivity index (χ1n) is 6.81. The summed E-state index contributed by atoms with van der Waals surface area (Å²) in [4.78, 5) is 16.5. The molecule has 4 nitrogen and oxygen atoms in total. The number of rotatable bonds is 4. The molecule has 1 N–H and O–H groups in total. The van der Waals surface area contributed by atoms with Crippen molar-refractivity contribution in [1.29, 1.82) is 0 Å². The minimum atomic E-state index is -0.579. The molecule has 0 spiro atoms. The molecule has 118 valence electrons. The van der Waals surface area contributed by atoms with Gasteiger partial charge in [-0.2, -0.15) is 0 Å². The molecule has 7 heteroatoms. The average molecular weight is 351 g/mol. The van der Waals surface area contributed by atoms with E-state index in [2.05, 4.69) is 10.3 Å². The van der Waals surface area contributed by atoms with Crippen LogP contribution in [0, 0.1) is 5.82 Å². The molecule has 0 bridgehead atoms. The highest BCUT2D eigenvalue weighted by atomic mass is 35.5. The van der Waals surface area contributed by atoms with Gasteiger partial charge in [-0.15, -0.1) is 0 Å². The third-order valence-electron chi connectivity index (χ3n) is 3.11. The summed E-state index contributed by atoms with van der Waals surface area (Å²) in [6.45, 7) is 1.70. The SMILES string of the molecule is CC(Sc1nc2ccccc2o1)C(=O)Nc1ccc(Cl)cc1F. The Kier molecular flexibility index (Phi) is 4.54. The minimum Gasteiger partial charge on any atom is -0.431 e. The second-order valence-electron chi connectivity index (χ2n) is 4.82. The monoisotopic (exact) mass is 350 g/mol. The van der Waals surface area contributed by atoms with Crippen molar-refractivity contribution in [2.24, 2.45) is 0 Å². The lowest BCUT2D eigenvalue weighted by atomic mass is 10.3. The molecule has 0 aliphatic rings. The molecule has 0 saturated carbocycles. The molecular formula is C16H12ClFN2O2S. The van der Waals surface area contributed by atoms with Gasteiger partial charge < -0.3 is 9.73 Å².